The summed E-state index contributed by atoms with van der Waals surface area (Å²) in [5.74, 6) is 1.63. The molecule has 0 bridgehead atoms. The van der Waals surface area contributed by atoms with Crippen LogP contribution in [0, 0.1) is 13.8 Å². The molecule has 0 unspecified atom stereocenters. The van der Waals surface area contributed by atoms with Crippen molar-refractivity contribution in [3.63, 3.8) is 0 Å². The van der Waals surface area contributed by atoms with Gasteiger partial charge in [0, 0.05) is 41.7 Å². The van der Waals surface area contributed by atoms with Crippen molar-refractivity contribution in [2.45, 2.75) is 33.1 Å². The van der Waals surface area contributed by atoms with E-state index >= 15 is 0 Å². The fourth-order valence-electron chi connectivity index (χ4n) is 4.79. The Hall–Kier alpha value is -4.75. The van der Waals surface area contributed by atoms with Gasteiger partial charge in [0.1, 0.15) is 11.6 Å². The second-order valence-electron chi connectivity index (χ2n) is 9.65. The summed E-state index contributed by atoms with van der Waals surface area (Å²) in [4.78, 5) is 26.2. The number of aromatic amines is 2. The number of aromatic nitrogens is 3. The number of ether oxygens (including phenoxy) is 1. The molecule has 0 aliphatic heterocycles. The minimum absolute atomic E-state index is 0.0265. The molecule has 0 saturated carbocycles. The Balaban J connectivity index is 1.23. The molecule has 3 aromatic carbocycles. The number of amides is 1. The first kappa shape index (κ1) is 25.9. The minimum Gasteiger partial charge on any atom is -0.493 e. The zero-order valence-electron chi connectivity index (χ0n) is 22.1. The molecule has 0 fully saturated rings. The van der Waals surface area contributed by atoms with Crippen LogP contribution in [-0.4, -0.2) is 40.6 Å². The monoisotopic (exact) mass is 521 g/mol. The van der Waals surface area contributed by atoms with Gasteiger partial charge in [-0.05, 0) is 102 Å². The lowest BCUT2D eigenvalue weighted by Gasteiger charge is -2.13. The van der Waals surface area contributed by atoms with Crippen molar-refractivity contribution in [1.82, 2.24) is 20.3 Å². The number of rotatable bonds is 11. The van der Waals surface area contributed by atoms with E-state index in [0.717, 1.165) is 55.9 Å². The number of nitrogens with one attached hydrogen (secondary N) is 3. The molecule has 2 aromatic heterocycles. The third-order valence-corrected chi connectivity index (χ3v) is 6.72. The number of nitrogens with zero attached hydrogens (tertiary/aromatic N) is 4. The molecule has 5 rings (SSSR count). The van der Waals surface area contributed by atoms with E-state index in [2.05, 4.69) is 79.9 Å². The van der Waals surface area contributed by atoms with Crippen molar-refractivity contribution < 1.29 is 9.53 Å². The van der Waals surface area contributed by atoms with Gasteiger partial charge >= 0.3 is 0 Å². The second-order valence-corrected chi connectivity index (χ2v) is 9.65. The summed E-state index contributed by atoms with van der Waals surface area (Å²) < 4.78 is 6.05. The van der Waals surface area contributed by atoms with Crippen LogP contribution in [0.3, 0.4) is 0 Å². The molecule has 9 heteroatoms. The smallest absolute Gasteiger partial charge is 0.220 e. The highest BCUT2D eigenvalue weighted by Gasteiger charge is 2.12. The zero-order valence-corrected chi connectivity index (χ0v) is 22.1. The van der Waals surface area contributed by atoms with Gasteiger partial charge in [0.15, 0.2) is 0 Å². The van der Waals surface area contributed by atoms with Crippen molar-refractivity contribution in [2.24, 2.45) is 5.11 Å². The van der Waals surface area contributed by atoms with Crippen molar-refractivity contribution in [1.29, 1.82) is 0 Å². The highest BCUT2D eigenvalue weighted by atomic mass is 16.5. The fraction of sp³-hybridized carbons (Fsp3) is 0.267. The van der Waals surface area contributed by atoms with Crippen LogP contribution in [0.25, 0.3) is 54.9 Å². The molecule has 5 aromatic rings. The van der Waals surface area contributed by atoms with Gasteiger partial charge in [-0.1, -0.05) is 17.2 Å². The minimum atomic E-state index is -0.0265. The number of hydrogen-bond acceptors (Lipinski definition) is 4. The summed E-state index contributed by atoms with van der Waals surface area (Å²) in [5, 5.41) is 7.47. The van der Waals surface area contributed by atoms with E-state index in [1.807, 2.05) is 20.0 Å². The molecule has 9 nitrogen and oxygen atoms in total. The average molecular weight is 522 g/mol. The van der Waals surface area contributed by atoms with Crippen LogP contribution in [0.15, 0.2) is 65.9 Å². The van der Waals surface area contributed by atoms with Crippen LogP contribution in [0.4, 0.5) is 0 Å². The van der Waals surface area contributed by atoms with E-state index in [0.29, 0.717) is 39.0 Å². The molecule has 0 atom stereocenters. The van der Waals surface area contributed by atoms with Crippen molar-refractivity contribution in [3.8, 4) is 28.3 Å². The second kappa shape index (κ2) is 11.8. The molecule has 0 saturated heterocycles. The van der Waals surface area contributed by atoms with E-state index in [-0.39, 0.29) is 5.91 Å². The number of hydrogen-bond donors (Lipinski definition) is 3. The molecule has 1 amide bonds. The summed E-state index contributed by atoms with van der Waals surface area (Å²) in [6.07, 6.45) is 3.59. The molecular formula is C30H31N7O2. The summed E-state index contributed by atoms with van der Waals surface area (Å²) in [6.45, 7) is 5.40. The fourth-order valence-corrected chi connectivity index (χ4v) is 4.79. The van der Waals surface area contributed by atoms with Crippen LogP contribution in [0.2, 0.25) is 0 Å². The molecule has 0 radical (unpaired) electrons. The third-order valence-electron chi connectivity index (χ3n) is 6.72. The first-order chi connectivity index (χ1) is 19.0. The quantitative estimate of drug-likeness (QED) is 0.0750. The van der Waals surface area contributed by atoms with E-state index in [9.17, 15) is 4.79 Å². The Morgan fingerprint density at radius 3 is 2.62 bits per heavy atom. The van der Waals surface area contributed by atoms with E-state index in [4.69, 9.17) is 15.3 Å². The molecule has 3 N–H and O–H groups in total. The van der Waals surface area contributed by atoms with Crippen molar-refractivity contribution >= 4 is 27.8 Å². The standard InChI is InChI=1S/C30H31N7O2/c1-19-15-24(16-20(2)29(19)39-14-3-5-28(38)33-11-4-12-34-37-31)30-35-26-9-7-22(18-27(26)36-30)21-6-8-25-23(17-21)10-13-32-25/h6-10,13,15-18,32H,3-5,11-12,14H2,1-2H3,(H,33,38)(H,35,36). The van der Waals surface area contributed by atoms with Gasteiger partial charge in [-0.2, -0.15) is 0 Å². The van der Waals surface area contributed by atoms with Gasteiger partial charge in [0.25, 0.3) is 0 Å². The average Bonchev–Trinajstić information content (AvgIpc) is 3.58. The number of azide groups is 1. The summed E-state index contributed by atoms with van der Waals surface area (Å²) in [5.41, 5.74) is 16.7. The summed E-state index contributed by atoms with van der Waals surface area (Å²) in [7, 11) is 0. The number of carbonyl (C=O) groups excluding carboxylic acids is 1. The van der Waals surface area contributed by atoms with Gasteiger partial charge in [-0.15, -0.1) is 0 Å². The maximum Gasteiger partial charge on any atom is 0.220 e. The summed E-state index contributed by atoms with van der Waals surface area (Å²) in [6, 6.07) is 19.0. The number of aryl methyl sites for hydroxylation is 2. The lowest BCUT2D eigenvalue weighted by atomic mass is 10.0. The molecular weight excluding hydrogens is 490 g/mol. The number of H-pyrrole nitrogens is 2. The third kappa shape index (κ3) is 6.05. The van der Waals surface area contributed by atoms with Crippen molar-refractivity contribution in [3.05, 3.63) is 82.4 Å². The molecule has 0 aliphatic carbocycles. The lowest BCUT2D eigenvalue weighted by Crippen LogP contribution is -2.25. The first-order valence-corrected chi connectivity index (χ1v) is 13.1. The van der Waals surface area contributed by atoms with Gasteiger partial charge in [-0.3, -0.25) is 4.79 Å². The molecule has 39 heavy (non-hydrogen) atoms. The zero-order chi connectivity index (χ0) is 27.2. The Kier molecular flexibility index (Phi) is 7.80. The number of imidazole rings is 1. The largest absolute Gasteiger partial charge is 0.493 e. The topological polar surface area (TPSA) is 132 Å². The maximum atomic E-state index is 12.0. The highest BCUT2D eigenvalue weighted by molar-refractivity contribution is 5.89. The predicted molar refractivity (Wildman–Crippen MR) is 155 cm³/mol. The Labute approximate surface area is 226 Å². The predicted octanol–water partition coefficient (Wildman–Crippen LogP) is 6.97. The van der Waals surface area contributed by atoms with Gasteiger partial charge in [0.2, 0.25) is 5.91 Å². The van der Waals surface area contributed by atoms with E-state index < -0.39 is 0 Å². The molecule has 0 spiro atoms. The molecule has 198 valence electrons. The Morgan fingerprint density at radius 1 is 1.00 bits per heavy atom. The first-order valence-electron chi connectivity index (χ1n) is 13.1. The van der Waals surface area contributed by atoms with Crippen LogP contribution < -0.4 is 10.1 Å². The highest BCUT2D eigenvalue weighted by Crippen LogP contribution is 2.32. The van der Waals surface area contributed by atoms with Crippen LogP contribution in [0.1, 0.15) is 30.4 Å². The van der Waals surface area contributed by atoms with E-state index in [1.165, 1.54) is 5.39 Å². The lowest BCUT2D eigenvalue weighted by molar-refractivity contribution is -0.121. The normalized spacial score (nSPS) is 11.0. The van der Waals surface area contributed by atoms with Crippen LogP contribution in [-0.2, 0) is 4.79 Å². The number of carbonyl (C=O) groups is 1. The van der Waals surface area contributed by atoms with Crippen molar-refractivity contribution in [2.75, 3.05) is 19.7 Å². The van der Waals surface area contributed by atoms with Crippen LogP contribution in [0.5, 0.6) is 5.75 Å². The maximum absolute atomic E-state index is 12.0. The summed E-state index contributed by atoms with van der Waals surface area (Å²) >= 11 is 0. The van der Waals surface area contributed by atoms with Gasteiger partial charge in [-0.25, -0.2) is 4.98 Å². The number of fused-ring (bicyclic) bond motifs is 2. The SMILES string of the molecule is Cc1cc(-c2nc3ccc(-c4ccc5[nH]ccc5c4)cc3[nH]2)cc(C)c1OCCCC(=O)NCCCN=[N+]=[N-]. The number of benzene rings is 3. The van der Waals surface area contributed by atoms with E-state index in [1.54, 1.807) is 0 Å². The van der Waals surface area contributed by atoms with Gasteiger partial charge < -0.3 is 20.0 Å². The van der Waals surface area contributed by atoms with Crippen LogP contribution >= 0.6 is 0 Å². The molecule has 0 aliphatic rings. The van der Waals surface area contributed by atoms with Gasteiger partial charge in [0.05, 0.1) is 17.6 Å². The Bertz CT molecular complexity index is 1650. The molecule has 2 heterocycles. The Morgan fingerprint density at radius 2 is 1.79 bits per heavy atom.